The summed E-state index contributed by atoms with van der Waals surface area (Å²) >= 11 is 6.24. The molecule has 6 nitrogen and oxygen atoms in total. The van der Waals surface area contributed by atoms with E-state index in [1.165, 1.54) is 6.26 Å². The third kappa shape index (κ3) is 4.01. The molecular weight excluding hydrogens is 370 g/mol. The molecule has 0 saturated heterocycles. The SMILES string of the molecule is O=C(Nc1cccc(OCc2cc(Cl)c3c(c2)OCCO3)c1)c1ccco1. The van der Waals surface area contributed by atoms with Crippen molar-refractivity contribution >= 4 is 23.2 Å². The van der Waals surface area contributed by atoms with E-state index < -0.39 is 0 Å². The number of carbonyl (C=O) groups is 1. The Morgan fingerprint density at radius 1 is 1.11 bits per heavy atom. The molecule has 1 aliphatic rings. The molecule has 0 fully saturated rings. The summed E-state index contributed by atoms with van der Waals surface area (Å²) in [4.78, 5) is 12.1. The first-order chi connectivity index (χ1) is 13.2. The van der Waals surface area contributed by atoms with Gasteiger partial charge in [0.25, 0.3) is 5.91 Å². The molecule has 0 aliphatic carbocycles. The zero-order chi connectivity index (χ0) is 18.6. The summed E-state index contributed by atoms with van der Waals surface area (Å²) in [6.45, 7) is 1.27. The van der Waals surface area contributed by atoms with E-state index in [1.54, 1.807) is 36.4 Å². The van der Waals surface area contributed by atoms with Gasteiger partial charge in [-0.1, -0.05) is 17.7 Å². The fourth-order valence-corrected chi connectivity index (χ4v) is 2.97. The lowest BCUT2D eigenvalue weighted by Gasteiger charge is -2.20. The summed E-state index contributed by atoms with van der Waals surface area (Å²) in [5.41, 5.74) is 1.46. The van der Waals surface area contributed by atoms with Crippen LogP contribution in [0.5, 0.6) is 17.2 Å². The van der Waals surface area contributed by atoms with E-state index >= 15 is 0 Å². The van der Waals surface area contributed by atoms with Crippen LogP contribution in [-0.2, 0) is 6.61 Å². The highest BCUT2D eigenvalue weighted by atomic mass is 35.5. The van der Waals surface area contributed by atoms with E-state index in [4.69, 9.17) is 30.2 Å². The van der Waals surface area contributed by atoms with Crippen molar-refractivity contribution in [2.75, 3.05) is 18.5 Å². The van der Waals surface area contributed by atoms with Crippen molar-refractivity contribution in [1.29, 1.82) is 0 Å². The van der Waals surface area contributed by atoms with Crippen LogP contribution in [0.3, 0.4) is 0 Å². The Hall–Kier alpha value is -3.12. The Morgan fingerprint density at radius 2 is 2.00 bits per heavy atom. The average molecular weight is 386 g/mol. The van der Waals surface area contributed by atoms with Gasteiger partial charge in [-0.25, -0.2) is 0 Å². The van der Waals surface area contributed by atoms with E-state index in [0.717, 1.165) is 5.56 Å². The van der Waals surface area contributed by atoms with Gasteiger partial charge < -0.3 is 23.9 Å². The normalized spacial score (nSPS) is 12.5. The fourth-order valence-electron chi connectivity index (χ4n) is 2.68. The van der Waals surface area contributed by atoms with Gasteiger partial charge in [0.05, 0.1) is 11.3 Å². The number of nitrogens with one attached hydrogen (secondary N) is 1. The van der Waals surface area contributed by atoms with Crippen molar-refractivity contribution in [3.8, 4) is 17.2 Å². The minimum atomic E-state index is -0.323. The monoisotopic (exact) mass is 385 g/mol. The molecule has 0 spiro atoms. The summed E-state index contributed by atoms with van der Waals surface area (Å²) in [5.74, 6) is 1.71. The highest BCUT2D eigenvalue weighted by Gasteiger charge is 2.17. The van der Waals surface area contributed by atoms with Gasteiger partial charge in [-0.2, -0.15) is 0 Å². The number of halogens is 1. The van der Waals surface area contributed by atoms with Crippen molar-refractivity contribution in [2.45, 2.75) is 6.61 Å². The van der Waals surface area contributed by atoms with Gasteiger partial charge in [-0.05, 0) is 42.0 Å². The van der Waals surface area contributed by atoms with E-state index in [2.05, 4.69) is 5.32 Å². The number of fused-ring (bicyclic) bond motifs is 1. The first kappa shape index (κ1) is 17.3. The maximum atomic E-state index is 12.1. The van der Waals surface area contributed by atoms with Crippen molar-refractivity contribution in [2.24, 2.45) is 0 Å². The van der Waals surface area contributed by atoms with Gasteiger partial charge in [0, 0.05) is 11.8 Å². The number of hydrogen-bond donors (Lipinski definition) is 1. The second-order valence-electron chi connectivity index (χ2n) is 5.85. The van der Waals surface area contributed by atoms with E-state index in [-0.39, 0.29) is 11.7 Å². The van der Waals surface area contributed by atoms with Gasteiger partial charge in [0.1, 0.15) is 25.6 Å². The maximum absolute atomic E-state index is 12.1. The molecule has 27 heavy (non-hydrogen) atoms. The Kier molecular flexibility index (Phi) is 4.89. The van der Waals surface area contributed by atoms with E-state index in [0.29, 0.717) is 47.8 Å². The highest BCUT2D eigenvalue weighted by Crippen LogP contribution is 2.38. The molecule has 0 unspecified atom stereocenters. The molecule has 3 aromatic rings. The Bertz CT molecular complexity index is 955. The standard InChI is InChI=1S/C20H16ClNO5/c21-16-9-13(10-18-19(16)26-8-7-25-18)12-27-15-4-1-3-14(11-15)22-20(23)17-5-2-6-24-17/h1-6,9-11H,7-8,12H2,(H,22,23). The molecule has 1 N–H and O–H groups in total. The summed E-state index contributed by atoms with van der Waals surface area (Å²) in [5, 5.41) is 3.25. The molecule has 0 saturated carbocycles. The van der Waals surface area contributed by atoms with Crippen LogP contribution in [0.4, 0.5) is 5.69 Å². The van der Waals surface area contributed by atoms with Crippen LogP contribution in [0.15, 0.2) is 59.2 Å². The fraction of sp³-hybridized carbons (Fsp3) is 0.150. The quantitative estimate of drug-likeness (QED) is 0.698. The first-order valence-corrected chi connectivity index (χ1v) is 8.72. The molecule has 0 atom stereocenters. The lowest BCUT2D eigenvalue weighted by atomic mass is 10.2. The molecule has 1 aliphatic heterocycles. The van der Waals surface area contributed by atoms with Crippen LogP contribution in [-0.4, -0.2) is 19.1 Å². The van der Waals surface area contributed by atoms with Crippen molar-refractivity contribution in [1.82, 2.24) is 0 Å². The predicted octanol–water partition coefficient (Wildman–Crippen LogP) is 4.54. The number of rotatable bonds is 5. The highest BCUT2D eigenvalue weighted by molar-refractivity contribution is 6.32. The van der Waals surface area contributed by atoms with Crippen molar-refractivity contribution in [3.63, 3.8) is 0 Å². The number of furan rings is 1. The molecule has 1 aromatic heterocycles. The van der Waals surface area contributed by atoms with Crippen LogP contribution in [0.25, 0.3) is 0 Å². The minimum Gasteiger partial charge on any atom is -0.489 e. The lowest BCUT2D eigenvalue weighted by Crippen LogP contribution is -2.16. The molecule has 138 valence electrons. The number of benzene rings is 2. The van der Waals surface area contributed by atoms with Crippen LogP contribution >= 0.6 is 11.6 Å². The van der Waals surface area contributed by atoms with Crippen LogP contribution < -0.4 is 19.5 Å². The third-order valence-electron chi connectivity index (χ3n) is 3.90. The number of anilines is 1. The second kappa shape index (κ2) is 7.63. The number of ether oxygens (including phenoxy) is 3. The van der Waals surface area contributed by atoms with Crippen LogP contribution in [0, 0.1) is 0 Å². The second-order valence-corrected chi connectivity index (χ2v) is 6.26. The molecule has 0 bridgehead atoms. The minimum absolute atomic E-state index is 0.243. The smallest absolute Gasteiger partial charge is 0.291 e. The third-order valence-corrected chi connectivity index (χ3v) is 4.18. The van der Waals surface area contributed by atoms with Gasteiger partial charge >= 0.3 is 0 Å². The van der Waals surface area contributed by atoms with Crippen LogP contribution in [0.2, 0.25) is 5.02 Å². The Balaban J connectivity index is 1.43. The number of hydrogen-bond acceptors (Lipinski definition) is 5. The number of carbonyl (C=O) groups excluding carboxylic acids is 1. The predicted molar refractivity (Wildman–Crippen MR) is 99.9 cm³/mol. The Labute approximate surface area is 160 Å². The zero-order valence-corrected chi connectivity index (χ0v) is 15.0. The molecule has 2 heterocycles. The largest absolute Gasteiger partial charge is 0.489 e. The van der Waals surface area contributed by atoms with E-state index in [9.17, 15) is 4.79 Å². The van der Waals surface area contributed by atoms with Crippen LogP contribution in [0.1, 0.15) is 16.1 Å². The topological polar surface area (TPSA) is 69.9 Å². The Morgan fingerprint density at radius 3 is 2.85 bits per heavy atom. The molecule has 4 rings (SSSR count). The van der Waals surface area contributed by atoms with Crippen molar-refractivity contribution in [3.05, 3.63) is 71.1 Å². The summed E-state index contributed by atoms with van der Waals surface area (Å²) in [7, 11) is 0. The molecule has 0 radical (unpaired) electrons. The van der Waals surface area contributed by atoms with Gasteiger partial charge in [-0.15, -0.1) is 0 Å². The van der Waals surface area contributed by atoms with Gasteiger partial charge in [-0.3, -0.25) is 4.79 Å². The number of amides is 1. The maximum Gasteiger partial charge on any atom is 0.291 e. The molecular formula is C20H16ClNO5. The van der Waals surface area contributed by atoms with Gasteiger partial charge in [0.15, 0.2) is 17.3 Å². The first-order valence-electron chi connectivity index (χ1n) is 8.35. The average Bonchev–Trinajstić information content (AvgIpc) is 3.22. The summed E-state index contributed by atoms with van der Waals surface area (Å²) in [6, 6.07) is 14.0. The zero-order valence-electron chi connectivity index (χ0n) is 14.2. The van der Waals surface area contributed by atoms with E-state index in [1.807, 2.05) is 12.1 Å². The molecule has 7 heteroatoms. The summed E-state index contributed by atoms with van der Waals surface area (Å²) in [6.07, 6.45) is 1.45. The molecule has 2 aromatic carbocycles. The lowest BCUT2D eigenvalue weighted by molar-refractivity contribution is 0.0996. The summed E-state index contributed by atoms with van der Waals surface area (Å²) < 4.78 is 22.0. The van der Waals surface area contributed by atoms with Gasteiger partial charge in [0.2, 0.25) is 0 Å². The van der Waals surface area contributed by atoms with Crippen molar-refractivity contribution < 1.29 is 23.4 Å². The molecule has 1 amide bonds.